The lowest BCUT2D eigenvalue weighted by Gasteiger charge is -2.00. The van der Waals surface area contributed by atoms with Crippen molar-refractivity contribution < 1.29 is 8.78 Å². The Bertz CT molecular complexity index is 413. The van der Waals surface area contributed by atoms with Crippen molar-refractivity contribution in [3.8, 4) is 12.1 Å². The first-order chi connectivity index (χ1) is 6.19. The normalized spacial score (nSPS) is 8.92. The number of halogens is 2. The molecular weight excluding hydrogens is 174 g/mol. The van der Waals surface area contributed by atoms with Crippen LogP contribution in [-0.2, 0) is 6.42 Å². The summed E-state index contributed by atoms with van der Waals surface area (Å²) in [6.45, 7) is 0. The van der Waals surface area contributed by atoms with Crippen LogP contribution < -0.4 is 0 Å². The largest absolute Gasteiger partial charge is 0.207 e. The molecule has 1 aromatic carbocycles. The highest BCUT2D eigenvalue weighted by Crippen LogP contribution is 2.15. The fraction of sp³-hybridized carbons (Fsp3) is 0.111. The highest BCUT2D eigenvalue weighted by Gasteiger charge is 2.10. The van der Waals surface area contributed by atoms with Crippen LogP contribution in [0.1, 0.15) is 11.1 Å². The summed E-state index contributed by atoms with van der Waals surface area (Å²) in [5.41, 5.74) is -0.176. The molecule has 1 aromatic rings. The molecule has 0 fully saturated rings. The van der Waals surface area contributed by atoms with E-state index in [4.69, 9.17) is 10.5 Å². The van der Waals surface area contributed by atoms with Crippen LogP contribution in [0.5, 0.6) is 0 Å². The molecule has 2 nitrogen and oxygen atoms in total. The van der Waals surface area contributed by atoms with Crippen LogP contribution in [0.4, 0.5) is 8.78 Å². The predicted molar refractivity (Wildman–Crippen MR) is 40.4 cm³/mol. The summed E-state index contributed by atoms with van der Waals surface area (Å²) in [5, 5.41) is 16.8. The Balaban J connectivity index is 3.34. The first-order valence-corrected chi connectivity index (χ1v) is 3.44. The van der Waals surface area contributed by atoms with Gasteiger partial charge in [0.2, 0.25) is 0 Å². The molecule has 4 heteroatoms. The molecule has 0 unspecified atom stereocenters. The summed E-state index contributed by atoms with van der Waals surface area (Å²) in [5.74, 6) is -1.66. The smallest absolute Gasteiger partial charge is 0.131 e. The molecule has 0 aliphatic carbocycles. The molecule has 0 saturated heterocycles. The number of hydrogen-bond donors (Lipinski definition) is 0. The Kier molecular flexibility index (Phi) is 2.56. The van der Waals surface area contributed by atoms with Crippen molar-refractivity contribution in [3.05, 3.63) is 34.9 Å². The van der Waals surface area contributed by atoms with Crippen LogP contribution in [0.25, 0.3) is 0 Å². The van der Waals surface area contributed by atoms with Gasteiger partial charge in [0.05, 0.1) is 24.1 Å². The molecule has 64 valence electrons. The first-order valence-electron chi connectivity index (χ1n) is 3.44. The van der Waals surface area contributed by atoms with Gasteiger partial charge in [-0.15, -0.1) is 0 Å². The van der Waals surface area contributed by atoms with Gasteiger partial charge in [0.25, 0.3) is 0 Å². The summed E-state index contributed by atoms with van der Waals surface area (Å²) in [7, 11) is 0. The van der Waals surface area contributed by atoms with E-state index >= 15 is 0 Å². The van der Waals surface area contributed by atoms with Crippen molar-refractivity contribution in [2.75, 3.05) is 0 Å². The van der Waals surface area contributed by atoms with Gasteiger partial charge in [0.15, 0.2) is 0 Å². The number of rotatable bonds is 1. The third kappa shape index (κ3) is 1.80. The first kappa shape index (κ1) is 9.15. The second kappa shape index (κ2) is 3.64. The zero-order chi connectivity index (χ0) is 9.84. The molecule has 0 aliphatic rings. The van der Waals surface area contributed by atoms with Crippen LogP contribution in [0.15, 0.2) is 12.1 Å². The van der Waals surface area contributed by atoms with Gasteiger partial charge in [0, 0.05) is 11.6 Å². The lowest BCUT2D eigenvalue weighted by atomic mass is 10.1. The van der Waals surface area contributed by atoms with Crippen molar-refractivity contribution in [2.45, 2.75) is 6.42 Å². The number of nitrogens with zero attached hydrogens (tertiary/aromatic N) is 2. The minimum Gasteiger partial charge on any atom is -0.207 e. The lowest BCUT2D eigenvalue weighted by molar-refractivity contribution is 0.574. The van der Waals surface area contributed by atoms with Gasteiger partial charge in [-0.3, -0.25) is 0 Å². The summed E-state index contributed by atoms with van der Waals surface area (Å²) >= 11 is 0. The summed E-state index contributed by atoms with van der Waals surface area (Å²) in [6, 6.07) is 4.91. The van der Waals surface area contributed by atoms with Crippen LogP contribution in [0.3, 0.4) is 0 Å². The Morgan fingerprint density at radius 3 is 2.46 bits per heavy atom. The van der Waals surface area contributed by atoms with Crippen molar-refractivity contribution >= 4 is 0 Å². The van der Waals surface area contributed by atoms with E-state index in [9.17, 15) is 8.78 Å². The zero-order valence-corrected chi connectivity index (χ0v) is 6.51. The third-order valence-electron chi connectivity index (χ3n) is 1.54. The number of nitriles is 2. The molecule has 0 amide bonds. The summed E-state index contributed by atoms with van der Waals surface area (Å²) in [6.07, 6.45) is -0.227. The molecule has 0 aromatic heterocycles. The third-order valence-corrected chi connectivity index (χ3v) is 1.54. The van der Waals surface area contributed by atoms with Crippen LogP contribution in [-0.4, -0.2) is 0 Å². The standard InChI is InChI=1S/C9H4F2N2/c10-7-3-6(5-13)8(1-2-12)9(11)4-7/h3-4H,1H2. The lowest BCUT2D eigenvalue weighted by Crippen LogP contribution is -1.95. The second-order valence-corrected chi connectivity index (χ2v) is 2.36. The van der Waals surface area contributed by atoms with E-state index in [2.05, 4.69) is 0 Å². The fourth-order valence-corrected chi connectivity index (χ4v) is 0.962. The minimum absolute atomic E-state index is 0.0496. The van der Waals surface area contributed by atoms with E-state index in [0.29, 0.717) is 6.07 Å². The van der Waals surface area contributed by atoms with Crippen LogP contribution >= 0.6 is 0 Å². The van der Waals surface area contributed by atoms with Gasteiger partial charge < -0.3 is 0 Å². The average molecular weight is 178 g/mol. The van der Waals surface area contributed by atoms with E-state index in [1.165, 1.54) is 0 Å². The molecule has 0 N–H and O–H groups in total. The van der Waals surface area contributed by atoms with Crippen LogP contribution in [0, 0.1) is 34.3 Å². The van der Waals surface area contributed by atoms with Gasteiger partial charge in [-0.1, -0.05) is 0 Å². The summed E-state index contributed by atoms with van der Waals surface area (Å²) in [4.78, 5) is 0. The highest BCUT2D eigenvalue weighted by atomic mass is 19.1. The second-order valence-electron chi connectivity index (χ2n) is 2.36. The maximum absolute atomic E-state index is 12.9. The maximum Gasteiger partial charge on any atom is 0.131 e. The maximum atomic E-state index is 12.9. The molecule has 0 saturated carbocycles. The molecule has 0 bridgehead atoms. The Morgan fingerprint density at radius 1 is 1.23 bits per heavy atom. The molecule has 0 heterocycles. The van der Waals surface area contributed by atoms with Gasteiger partial charge in [-0.05, 0) is 6.07 Å². The quantitative estimate of drug-likeness (QED) is 0.659. The SMILES string of the molecule is N#CCc1c(F)cc(F)cc1C#N. The van der Waals surface area contributed by atoms with E-state index in [1.807, 2.05) is 0 Å². The van der Waals surface area contributed by atoms with Crippen molar-refractivity contribution in [1.29, 1.82) is 10.5 Å². The van der Waals surface area contributed by atoms with E-state index in [1.54, 1.807) is 12.1 Å². The molecule has 0 atom stereocenters. The van der Waals surface area contributed by atoms with Gasteiger partial charge in [-0.2, -0.15) is 10.5 Å². The Labute approximate surface area is 73.6 Å². The predicted octanol–water partition coefficient (Wildman–Crippen LogP) is 1.90. The van der Waals surface area contributed by atoms with E-state index in [0.717, 1.165) is 6.07 Å². The number of hydrogen-bond acceptors (Lipinski definition) is 2. The fourth-order valence-electron chi connectivity index (χ4n) is 0.962. The van der Waals surface area contributed by atoms with Crippen molar-refractivity contribution in [3.63, 3.8) is 0 Å². The molecule has 0 spiro atoms. The van der Waals surface area contributed by atoms with Gasteiger partial charge in [0.1, 0.15) is 11.6 Å². The van der Waals surface area contributed by atoms with Gasteiger partial charge in [-0.25, -0.2) is 8.78 Å². The highest BCUT2D eigenvalue weighted by molar-refractivity contribution is 5.40. The molecule has 13 heavy (non-hydrogen) atoms. The molecule has 0 radical (unpaired) electrons. The topological polar surface area (TPSA) is 47.6 Å². The Hall–Kier alpha value is -1.94. The molecule has 0 aliphatic heterocycles. The average Bonchev–Trinajstić information content (AvgIpc) is 2.09. The van der Waals surface area contributed by atoms with E-state index < -0.39 is 11.6 Å². The van der Waals surface area contributed by atoms with E-state index in [-0.39, 0.29) is 17.5 Å². The Morgan fingerprint density at radius 2 is 1.92 bits per heavy atom. The monoisotopic (exact) mass is 178 g/mol. The number of benzene rings is 1. The summed E-state index contributed by atoms with van der Waals surface area (Å²) < 4.78 is 25.5. The zero-order valence-electron chi connectivity index (χ0n) is 6.51. The van der Waals surface area contributed by atoms with Gasteiger partial charge >= 0.3 is 0 Å². The van der Waals surface area contributed by atoms with Crippen molar-refractivity contribution in [2.24, 2.45) is 0 Å². The van der Waals surface area contributed by atoms with Crippen LogP contribution in [0.2, 0.25) is 0 Å². The minimum atomic E-state index is -0.849. The molecular formula is C9H4F2N2. The molecule has 1 rings (SSSR count). The van der Waals surface area contributed by atoms with Crippen molar-refractivity contribution in [1.82, 2.24) is 0 Å².